The van der Waals surface area contributed by atoms with E-state index in [1.54, 1.807) is 0 Å². The molecule has 0 spiro atoms. The van der Waals surface area contributed by atoms with Crippen molar-refractivity contribution >= 4 is 11.9 Å². The van der Waals surface area contributed by atoms with Crippen LogP contribution in [-0.2, 0) is 23.8 Å². The largest absolute Gasteiger partial charge is 0.461 e. The zero-order valence-electron chi connectivity index (χ0n) is 39.6. The van der Waals surface area contributed by atoms with Crippen LogP contribution in [-0.4, -0.2) is 37.9 Å². The molecule has 1 atom stereocenters. The molecule has 0 aliphatic heterocycles. The molecule has 0 aromatic rings. The third kappa shape index (κ3) is 48.4. The summed E-state index contributed by atoms with van der Waals surface area (Å²) < 4.78 is 17.2. The van der Waals surface area contributed by atoms with Crippen LogP contribution in [0.1, 0.15) is 175 Å². The van der Waals surface area contributed by atoms with Crippen molar-refractivity contribution in [3.8, 4) is 0 Å². The minimum atomic E-state index is -0.612. The Morgan fingerprint density at radius 1 is 0.371 bits per heavy atom. The van der Waals surface area contributed by atoms with E-state index in [1.807, 2.05) is 12.2 Å². The van der Waals surface area contributed by atoms with Gasteiger partial charge in [-0.2, -0.15) is 0 Å². The maximum atomic E-state index is 12.8. The second-order valence-electron chi connectivity index (χ2n) is 15.2. The quantitative estimate of drug-likeness (QED) is 0.0348. The molecule has 0 bridgehead atoms. The normalized spacial score (nSPS) is 13.5. The van der Waals surface area contributed by atoms with Gasteiger partial charge in [-0.25, -0.2) is 0 Å². The topological polar surface area (TPSA) is 61.8 Å². The minimum absolute atomic E-state index is 0.000705. The van der Waals surface area contributed by atoms with Gasteiger partial charge in [-0.05, 0) is 116 Å². The molecule has 5 nitrogen and oxygen atoms in total. The Morgan fingerprint density at radius 3 is 1.16 bits per heavy atom. The highest BCUT2D eigenvalue weighted by Crippen LogP contribution is 2.10. The van der Waals surface area contributed by atoms with E-state index in [2.05, 4.69) is 154 Å². The summed E-state index contributed by atoms with van der Waals surface area (Å²) in [5.74, 6) is -0.604. The summed E-state index contributed by atoms with van der Waals surface area (Å²) in [6.07, 6.45) is 74.5. The van der Waals surface area contributed by atoms with E-state index in [0.717, 1.165) is 122 Å². The molecule has 0 rings (SSSR count). The molecule has 0 aliphatic carbocycles. The van der Waals surface area contributed by atoms with E-state index in [1.165, 1.54) is 19.3 Å². The minimum Gasteiger partial charge on any atom is -0.461 e. The third-order valence-electron chi connectivity index (χ3n) is 9.38. The van der Waals surface area contributed by atoms with Gasteiger partial charge in [0.05, 0.1) is 13.0 Å². The van der Waals surface area contributed by atoms with E-state index in [-0.39, 0.29) is 31.6 Å². The summed E-state index contributed by atoms with van der Waals surface area (Å²) in [4.78, 5) is 25.3. The molecule has 0 saturated heterocycles. The van der Waals surface area contributed by atoms with Gasteiger partial charge in [-0.15, -0.1) is 0 Å². The van der Waals surface area contributed by atoms with Crippen molar-refractivity contribution in [2.45, 2.75) is 181 Å². The molecular formula is C57H88O5. The molecule has 346 valence electrons. The number of unbranched alkanes of at least 4 members (excludes halogenated alkanes) is 8. The van der Waals surface area contributed by atoms with Crippen molar-refractivity contribution in [3.63, 3.8) is 0 Å². The van der Waals surface area contributed by atoms with Crippen LogP contribution in [0.2, 0.25) is 0 Å². The predicted octanol–water partition coefficient (Wildman–Crippen LogP) is 16.6. The highest BCUT2D eigenvalue weighted by Gasteiger charge is 2.17. The zero-order valence-corrected chi connectivity index (χ0v) is 39.6. The molecule has 1 unspecified atom stereocenters. The van der Waals surface area contributed by atoms with Gasteiger partial charge >= 0.3 is 11.9 Å². The van der Waals surface area contributed by atoms with Crippen LogP contribution < -0.4 is 0 Å². The predicted molar refractivity (Wildman–Crippen MR) is 269 cm³/mol. The van der Waals surface area contributed by atoms with Gasteiger partial charge < -0.3 is 14.2 Å². The van der Waals surface area contributed by atoms with Crippen molar-refractivity contribution in [1.82, 2.24) is 0 Å². The maximum absolute atomic E-state index is 12.8. The summed E-state index contributed by atoms with van der Waals surface area (Å²) in [6.45, 7) is 7.27. The van der Waals surface area contributed by atoms with Crippen LogP contribution in [0.4, 0.5) is 0 Å². The molecule has 0 aromatic heterocycles. The maximum Gasteiger partial charge on any atom is 0.309 e. The molecule has 0 fully saturated rings. The van der Waals surface area contributed by atoms with E-state index >= 15 is 0 Å². The second-order valence-corrected chi connectivity index (χ2v) is 15.2. The van der Waals surface area contributed by atoms with Crippen LogP contribution >= 0.6 is 0 Å². The summed E-state index contributed by atoms with van der Waals surface area (Å²) in [6, 6.07) is 0. The van der Waals surface area contributed by atoms with Crippen molar-refractivity contribution in [2.24, 2.45) is 0 Å². The fraction of sp³-hybridized carbons (Fsp3) is 0.544. The monoisotopic (exact) mass is 853 g/mol. The molecule has 0 radical (unpaired) electrons. The number of ether oxygens (including phenoxy) is 3. The molecule has 0 aliphatic rings. The Balaban J connectivity index is 4.50. The average molecular weight is 853 g/mol. The van der Waals surface area contributed by atoms with E-state index in [4.69, 9.17) is 14.2 Å². The molecule has 0 saturated carbocycles. The van der Waals surface area contributed by atoms with Crippen LogP contribution in [0.25, 0.3) is 0 Å². The first-order valence-electron chi connectivity index (χ1n) is 24.4. The smallest absolute Gasteiger partial charge is 0.309 e. The van der Waals surface area contributed by atoms with Gasteiger partial charge in [0, 0.05) is 13.0 Å². The molecule has 5 heteroatoms. The SMILES string of the molecule is CC/C=C\C/C=C\C/C=C\C/C=C\C/C=C\CC(=O)OCC(COCCCCCCC/C=C\C/C=C\C/C=C\C/C=C\CC)OC(=O)CCCCC/C=C\C/C=C\C/C=C\CC. The standard InChI is InChI=1S/C57H88O5/c1-4-7-10-13-16-19-22-25-27-28-29-31-34-37-40-43-46-49-52-60-53-55(62-57(59)51-48-45-42-39-36-32-24-21-18-15-12-9-6-3)54-61-56(58)50-47-44-41-38-35-33-30-26-23-20-17-14-11-8-5-2/h7-12,16-21,25-27,29-32,35-36,38,44,47,55H,4-6,13-15,22-24,28,33-34,37,39-43,45-46,48-54H2,1-3H3/b10-7-,11-8-,12-9-,19-16-,20-17-,21-18-,27-25-,30-26-,31-29-,36-32-,38-35-,47-44-. The Hall–Kier alpha value is -4.22. The molecule has 62 heavy (non-hydrogen) atoms. The van der Waals surface area contributed by atoms with Crippen LogP contribution in [0.15, 0.2) is 146 Å². The summed E-state index contributed by atoms with van der Waals surface area (Å²) in [5, 5.41) is 0. The van der Waals surface area contributed by atoms with Gasteiger partial charge in [-0.1, -0.05) is 192 Å². The Labute approximate surface area is 381 Å². The zero-order chi connectivity index (χ0) is 44.9. The number of hydrogen-bond acceptors (Lipinski definition) is 5. The van der Waals surface area contributed by atoms with Crippen molar-refractivity contribution in [1.29, 1.82) is 0 Å². The van der Waals surface area contributed by atoms with E-state index < -0.39 is 6.10 Å². The van der Waals surface area contributed by atoms with Gasteiger partial charge in [0.15, 0.2) is 6.10 Å². The summed E-state index contributed by atoms with van der Waals surface area (Å²) in [7, 11) is 0. The average Bonchev–Trinajstić information content (AvgIpc) is 3.27. The van der Waals surface area contributed by atoms with Gasteiger partial charge in [0.25, 0.3) is 0 Å². The highest BCUT2D eigenvalue weighted by atomic mass is 16.6. The van der Waals surface area contributed by atoms with Crippen molar-refractivity contribution in [2.75, 3.05) is 19.8 Å². The van der Waals surface area contributed by atoms with Crippen LogP contribution in [0.3, 0.4) is 0 Å². The van der Waals surface area contributed by atoms with Gasteiger partial charge in [0.1, 0.15) is 6.61 Å². The molecule has 0 amide bonds. The molecule has 0 aromatic carbocycles. The lowest BCUT2D eigenvalue weighted by Gasteiger charge is -2.18. The van der Waals surface area contributed by atoms with E-state index in [0.29, 0.717) is 13.0 Å². The second kappa shape index (κ2) is 51.1. The summed E-state index contributed by atoms with van der Waals surface area (Å²) >= 11 is 0. The first kappa shape index (κ1) is 57.8. The number of carbonyl (C=O) groups excluding carboxylic acids is 2. The van der Waals surface area contributed by atoms with Crippen molar-refractivity contribution < 1.29 is 23.8 Å². The van der Waals surface area contributed by atoms with Crippen LogP contribution in [0, 0.1) is 0 Å². The van der Waals surface area contributed by atoms with E-state index in [9.17, 15) is 9.59 Å². The fourth-order valence-corrected chi connectivity index (χ4v) is 5.88. The molecule has 0 N–H and O–H groups in total. The fourth-order valence-electron chi connectivity index (χ4n) is 5.88. The molecule has 0 heterocycles. The van der Waals surface area contributed by atoms with Gasteiger partial charge in [-0.3, -0.25) is 9.59 Å². The number of esters is 2. The Kier molecular flexibility index (Phi) is 47.7. The Morgan fingerprint density at radius 2 is 0.726 bits per heavy atom. The lowest BCUT2D eigenvalue weighted by Crippen LogP contribution is -2.30. The van der Waals surface area contributed by atoms with Crippen LogP contribution in [0.5, 0.6) is 0 Å². The number of allylic oxidation sites excluding steroid dienone is 23. The van der Waals surface area contributed by atoms with Gasteiger partial charge in [0.2, 0.25) is 0 Å². The third-order valence-corrected chi connectivity index (χ3v) is 9.38. The number of hydrogen-bond donors (Lipinski definition) is 0. The highest BCUT2D eigenvalue weighted by molar-refractivity contribution is 5.71. The lowest BCUT2D eigenvalue weighted by molar-refractivity contribution is -0.162. The number of rotatable bonds is 42. The summed E-state index contributed by atoms with van der Waals surface area (Å²) in [5.41, 5.74) is 0. The number of carbonyl (C=O) groups is 2. The Bertz CT molecular complexity index is 1380. The first-order valence-corrected chi connectivity index (χ1v) is 24.4. The lowest BCUT2D eigenvalue weighted by atomic mass is 10.1. The first-order chi connectivity index (χ1) is 30.6. The molecular weight excluding hydrogens is 765 g/mol. The van der Waals surface area contributed by atoms with Crippen molar-refractivity contribution in [3.05, 3.63) is 146 Å².